The van der Waals surface area contributed by atoms with Crippen molar-refractivity contribution in [1.29, 1.82) is 0 Å². The Labute approximate surface area is 85.9 Å². The van der Waals surface area contributed by atoms with Gasteiger partial charge in [-0.05, 0) is 25.7 Å². The second-order valence-corrected chi connectivity index (χ2v) is 4.97. The molecular formula is C13H18O. The van der Waals surface area contributed by atoms with Gasteiger partial charge in [0, 0.05) is 11.0 Å². The first-order valence-corrected chi connectivity index (χ1v) is 5.49. The van der Waals surface area contributed by atoms with E-state index in [0.29, 0.717) is 5.92 Å². The summed E-state index contributed by atoms with van der Waals surface area (Å²) in [6.07, 6.45) is 8.09. The zero-order chi connectivity index (χ0) is 10.3. The molecule has 0 heterocycles. The van der Waals surface area contributed by atoms with Crippen LogP contribution in [0.2, 0.25) is 0 Å². The van der Waals surface area contributed by atoms with Crippen LogP contribution >= 0.6 is 0 Å². The Morgan fingerprint density at radius 2 is 2.29 bits per heavy atom. The number of rotatable bonds is 1. The van der Waals surface area contributed by atoms with Gasteiger partial charge in [-0.3, -0.25) is 4.79 Å². The molecule has 2 aliphatic rings. The lowest BCUT2D eigenvalue weighted by molar-refractivity contribution is -0.113. The smallest absolute Gasteiger partial charge is 0.159 e. The molecule has 0 aromatic rings. The second-order valence-electron chi connectivity index (χ2n) is 4.97. The minimum atomic E-state index is 0.193. The summed E-state index contributed by atoms with van der Waals surface area (Å²) >= 11 is 0. The van der Waals surface area contributed by atoms with Crippen molar-refractivity contribution < 1.29 is 4.79 Å². The van der Waals surface area contributed by atoms with E-state index in [2.05, 4.69) is 26.0 Å². The molecule has 0 aromatic carbocycles. The van der Waals surface area contributed by atoms with Crippen LogP contribution in [0.3, 0.4) is 0 Å². The van der Waals surface area contributed by atoms with Gasteiger partial charge in [-0.1, -0.05) is 38.0 Å². The number of carbonyl (C=O) groups excluding carboxylic acids is 1. The van der Waals surface area contributed by atoms with Gasteiger partial charge in [0.05, 0.1) is 0 Å². The van der Waals surface area contributed by atoms with E-state index >= 15 is 0 Å². The summed E-state index contributed by atoms with van der Waals surface area (Å²) < 4.78 is 0. The quantitative estimate of drug-likeness (QED) is 0.620. The van der Waals surface area contributed by atoms with Gasteiger partial charge in [-0.15, -0.1) is 0 Å². The summed E-state index contributed by atoms with van der Waals surface area (Å²) in [7, 11) is 0. The number of Topliss-reactive ketones (excluding diaryl/α,β-unsaturated/α-hetero) is 1. The predicted octanol–water partition coefficient (Wildman–Crippen LogP) is 3.27. The summed E-state index contributed by atoms with van der Waals surface area (Å²) in [6, 6.07) is 0. The highest BCUT2D eigenvalue weighted by Crippen LogP contribution is 2.49. The maximum atomic E-state index is 11.3. The maximum Gasteiger partial charge on any atom is 0.159 e. The Balaban J connectivity index is 2.38. The highest BCUT2D eigenvalue weighted by atomic mass is 16.1. The average Bonchev–Trinajstić information content (AvgIpc) is 2.44. The molecule has 2 rings (SSSR count). The van der Waals surface area contributed by atoms with Gasteiger partial charge in [0.2, 0.25) is 0 Å². The molecule has 0 saturated heterocycles. The molecule has 14 heavy (non-hydrogen) atoms. The van der Waals surface area contributed by atoms with Crippen LogP contribution in [-0.2, 0) is 4.79 Å². The number of carbonyl (C=O) groups is 1. The fourth-order valence-electron chi connectivity index (χ4n) is 2.86. The molecular weight excluding hydrogens is 172 g/mol. The van der Waals surface area contributed by atoms with Crippen molar-refractivity contribution in [2.75, 3.05) is 0 Å². The highest BCUT2D eigenvalue weighted by molar-refractivity contribution is 5.97. The largest absolute Gasteiger partial charge is 0.295 e. The van der Waals surface area contributed by atoms with Gasteiger partial charge >= 0.3 is 0 Å². The van der Waals surface area contributed by atoms with Crippen LogP contribution in [0, 0.1) is 11.3 Å². The van der Waals surface area contributed by atoms with E-state index in [4.69, 9.17) is 0 Å². The minimum Gasteiger partial charge on any atom is -0.295 e. The molecule has 1 fully saturated rings. The van der Waals surface area contributed by atoms with E-state index in [1.54, 1.807) is 6.92 Å². The normalized spacial score (nSPS) is 36.1. The molecule has 1 heteroatoms. The fraction of sp³-hybridized carbons (Fsp3) is 0.615. The average molecular weight is 190 g/mol. The lowest BCUT2D eigenvalue weighted by Crippen LogP contribution is -2.23. The van der Waals surface area contributed by atoms with Gasteiger partial charge in [0.1, 0.15) is 0 Å². The van der Waals surface area contributed by atoms with Crippen LogP contribution in [0.25, 0.3) is 0 Å². The molecule has 0 spiro atoms. The monoisotopic (exact) mass is 190 g/mol. The van der Waals surface area contributed by atoms with Crippen LogP contribution in [-0.4, -0.2) is 5.78 Å². The third-order valence-electron chi connectivity index (χ3n) is 3.72. The summed E-state index contributed by atoms with van der Waals surface area (Å²) in [5, 5.41) is 0. The molecule has 2 aliphatic carbocycles. The zero-order valence-corrected chi connectivity index (χ0v) is 9.26. The molecule has 1 saturated carbocycles. The van der Waals surface area contributed by atoms with Gasteiger partial charge in [0.25, 0.3) is 0 Å². The van der Waals surface area contributed by atoms with Crippen molar-refractivity contribution in [2.24, 2.45) is 11.3 Å². The Kier molecular flexibility index (Phi) is 2.13. The number of fused-ring (bicyclic) bond motifs is 1. The van der Waals surface area contributed by atoms with Gasteiger partial charge in [-0.2, -0.15) is 0 Å². The van der Waals surface area contributed by atoms with Gasteiger partial charge < -0.3 is 0 Å². The Morgan fingerprint density at radius 3 is 2.86 bits per heavy atom. The molecule has 0 bridgehead atoms. The summed E-state index contributed by atoms with van der Waals surface area (Å²) in [5.41, 5.74) is 2.60. The number of hydrogen-bond donors (Lipinski definition) is 0. The SMILES string of the molecule is CC(=O)C1=C[C@@]2(C)CCC[C@@H](C)C2=C1. The van der Waals surface area contributed by atoms with E-state index < -0.39 is 0 Å². The summed E-state index contributed by atoms with van der Waals surface area (Å²) in [6.45, 7) is 6.21. The van der Waals surface area contributed by atoms with E-state index in [9.17, 15) is 4.79 Å². The van der Waals surface area contributed by atoms with Crippen LogP contribution in [0.5, 0.6) is 0 Å². The van der Waals surface area contributed by atoms with Crippen molar-refractivity contribution in [2.45, 2.75) is 40.0 Å². The van der Waals surface area contributed by atoms with E-state index in [-0.39, 0.29) is 11.2 Å². The molecule has 0 amide bonds. The molecule has 76 valence electrons. The van der Waals surface area contributed by atoms with Crippen molar-refractivity contribution in [3.63, 3.8) is 0 Å². The molecule has 1 nitrogen and oxygen atoms in total. The lowest BCUT2D eigenvalue weighted by Gasteiger charge is -2.35. The van der Waals surface area contributed by atoms with Crippen LogP contribution in [0.1, 0.15) is 40.0 Å². The van der Waals surface area contributed by atoms with E-state index in [1.165, 1.54) is 24.8 Å². The van der Waals surface area contributed by atoms with E-state index in [1.807, 2.05) is 0 Å². The number of hydrogen-bond acceptors (Lipinski definition) is 1. The highest BCUT2D eigenvalue weighted by Gasteiger charge is 2.37. The summed E-state index contributed by atoms with van der Waals surface area (Å²) in [4.78, 5) is 11.3. The van der Waals surface area contributed by atoms with Gasteiger partial charge in [-0.25, -0.2) is 0 Å². The third kappa shape index (κ3) is 1.35. The topological polar surface area (TPSA) is 17.1 Å². The standard InChI is InChI=1S/C13H18O/c1-9-5-4-6-13(3)8-11(10(2)14)7-12(9)13/h7-9H,4-6H2,1-3H3/t9-,13-/m1/s1. The Bertz CT molecular complexity index is 335. The summed E-state index contributed by atoms with van der Waals surface area (Å²) in [5.74, 6) is 0.863. The van der Waals surface area contributed by atoms with Crippen molar-refractivity contribution in [1.82, 2.24) is 0 Å². The molecule has 0 aromatic heterocycles. The second kappa shape index (κ2) is 3.08. The first-order valence-electron chi connectivity index (χ1n) is 5.49. The zero-order valence-electron chi connectivity index (χ0n) is 9.26. The molecule has 0 radical (unpaired) electrons. The molecule has 0 unspecified atom stereocenters. The van der Waals surface area contributed by atoms with Crippen molar-refractivity contribution in [3.05, 3.63) is 23.3 Å². The van der Waals surface area contributed by atoms with Crippen LogP contribution < -0.4 is 0 Å². The third-order valence-corrected chi connectivity index (χ3v) is 3.72. The van der Waals surface area contributed by atoms with Crippen LogP contribution in [0.4, 0.5) is 0 Å². The number of ketones is 1. The van der Waals surface area contributed by atoms with Crippen molar-refractivity contribution in [3.8, 4) is 0 Å². The van der Waals surface area contributed by atoms with Crippen molar-refractivity contribution >= 4 is 5.78 Å². The number of allylic oxidation sites excluding steroid dienone is 4. The molecule has 0 N–H and O–H groups in total. The predicted molar refractivity (Wildman–Crippen MR) is 58.0 cm³/mol. The van der Waals surface area contributed by atoms with Gasteiger partial charge in [0.15, 0.2) is 5.78 Å². The molecule has 2 atom stereocenters. The van der Waals surface area contributed by atoms with E-state index in [0.717, 1.165) is 5.57 Å². The first kappa shape index (κ1) is 9.70. The maximum absolute atomic E-state index is 11.3. The fourth-order valence-corrected chi connectivity index (χ4v) is 2.86. The Morgan fingerprint density at radius 1 is 1.57 bits per heavy atom. The first-order chi connectivity index (χ1) is 6.53. The lowest BCUT2D eigenvalue weighted by atomic mass is 9.69. The minimum absolute atomic E-state index is 0.193. The molecule has 0 aliphatic heterocycles. The Hall–Kier alpha value is -0.850. The van der Waals surface area contributed by atoms with Crippen LogP contribution in [0.15, 0.2) is 23.3 Å².